The van der Waals surface area contributed by atoms with E-state index in [0.717, 1.165) is 25.7 Å². The van der Waals surface area contributed by atoms with Crippen molar-refractivity contribution in [3.8, 4) is 11.8 Å². The predicted octanol–water partition coefficient (Wildman–Crippen LogP) is 2.12. The number of aliphatic hydroxyl groups excluding tert-OH is 1. The van der Waals surface area contributed by atoms with Crippen LogP contribution in [0, 0.1) is 5.92 Å². The molecule has 0 bridgehead atoms. The molecule has 1 heterocycles. The lowest BCUT2D eigenvalue weighted by Crippen LogP contribution is -2.42. The fourth-order valence-corrected chi connectivity index (χ4v) is 2.89. The lowest BCUT2D eigenvalue weighted by Gasteiger charge is -2.41. The average Bonchev–Trinajstić information content (AvgIpc) is 2.54. The zero-order valence-corrected chi connectivity index (χ0v) is 13.1. The Morgan fingerprint density at radius 2 is 1.90 bits per heavy atom. The molecule has 1 aliphatic rings. The van der Waals surface area contributed by atoms with Gasteiger partial charge in [-0.3, -0.25) is 0 Å². The van der Waals surface area contributed by atoms with Crippen molar-refractivity contribution in [3.05, 3.63) is 11.9 Å². The number of rotatable bonds is 5. The van der Waals surface area contributed by atoms with Crippen LogP contribution in [0.4, 0.5) is 0 Å². The van der Waals surface area contributed by atoms with Crippen molar-refractivity contribution in [2.75, 3.05) is 21.3 Å². The van der Waals surface area contributed by atoms with Crippen LogP contribution in [0.25, 0.3) is 0 Å². The standard InChI is InChI=1S/C15H24N2O4/c1-10-5-7-15(21-4,8-6-10)13(18)12-14(20-3)17-11(19-2)9-16-12/h9-10,13,18H,5-8H2,1-4H3. The first-order chi connectivity index (χ1) is 10.1. The maximum Gasteiger partial charge on any atom is 0.241 e. The monoisotopic (exact) mass is 296 g/mol. The van der Waals surface area contributed by atoms with Crippen molar-refractivity contribution in [2.24, 2.45) is 5.92 Å². The van der Waals surface area contributed by atoms with E-state index in [4.69, 9.17) is 14.2 Å². The molecule has 1 unspecified atom stereocenters. The van der Waals surface area contributed by atoms with Crippen molar-refractivity contribution in [2.45, 2.75) is 44.3 Å². The largest absolute Gasteiger partial charge is 0.480 e. The van der Waals surface area contributed by atoms with Crippen LogP contribution in [0.3, 0.4) is 0 Å². The summed E-state index contributed by atoms with van der Waals surface area (Å²) in [6, 6.07) is 0. The Morgan fingerprint density at radius 3 is 2.43 bits per heavy atom. The molecule has 0 saturated heterocycles. The summed E-state index contributed by atoms with van der Waals surface area (Å²) in [6.45, 7) is 2.22. The van der Waals surface area contributed by atoms with Crippen LogP contribution in [-0.2, 0) is 4.74 Å². The first-order valence-electron chi connectivity index (χ1n) is 7.24. The second-order valence-electron chi connectivity index (χ2n) is 5.66. The Bertz CT molecular complexity index is 473. The van der Waals surface area contributed by atoms with Gasteiger partial charge in [-0.05, 0) is 31.6 Å². The Hall–Kier alpha value is -1.40. The quantitative estimate of drug-likeness (QED) is 0.897. The molecule has 1 atom stereocenters. The first kappa shape index (κ1) is 16.0. The number of hydrogen-bond donors (Lipinski definition) is 1. The van der Waals surface area contributed by atoms with Crippen LogP contribution >= 0.6 is 0 Å². The van der Waals surface area contributed by atoms with Gasteiger partial charge >= 0.3 is 0 Å². The first-order valence-corrected chi connectivity index (χ1v) is 7.24. The smallest absolute Gasteiger partial charge is 0.241 e. The van der Waals surface area contributed by atoms with Crippen molar-refractivity contribution in [3.63, 3.8) is 0 Å². The summed E-state index contributed by atoms with van der Waals surface area (Å²) < 4.78 is 16.0. The van der Waals surface area contributed by atoms with Gasteiger partial charge in [0.25, 0.3) is 0 Å². The molecule has 0 amide bonds. The number of aliphatic hydroxyl groups is 1. The second-order valence-corrected chi connectivity index (χ2v) is 5.66. The summed E-state index contributed by atoms with van der Waals surface area (Å²) in [5.41, 5.74) is -0.224. The van der Waals surface area contributed by atoms with E-state index in [1.165, 1.54) is 20.4 Å². The van der Waals surface area contributed by atoms with Gasteiger partial charge in [-0.1, -0.05) is 6.92 Å². The SMILES string of the molecule is COc1cnc(C(O)C2(OC)CCC(C)CC2)c(OC)n1. The third-order valence-corrected chi connectivity index (χ3v) is 4.43. The molecular formula is C15H24N2O4. The van der Waals surface area contributed by atoms with E-state index in [0.29, 0.717) is 17.5 Å². The van der Waals surface area contributed by atoms with E-state index in [1.807, 2.05) is 0 Å². The summed E-state index contributed by atoms with van der Waals surface area (Å²) in [6.07, 6.45) is 4.25. The summed E-state index contributed by atoms with van der Waals surface area (Å²) >= 11 is 0. The number of methoxy groups -OCH3 is 3. The van der Waals surface area contributed by atoms with Crippen LogP contribution in [0.15, 0.2) is 6.20 Å². The molecule has 1 aliphatic carbocycles. The molecule has 1 aromatic heterocycles. The Balaban J connectivity index is 2.31. The molecule has 0 aromatic carbocycles. The minimum atomic E-state index is -0.872. The lowest BCUT2D eigenvalue weighted by atomic mass is 9.75. The molecule has 1 aromatic rings. The molecule has 1 N–H and O–H groups in total. The Kier molecular flexibility index (Phi) is 5.00. The zero-order chi connectivity index (χ0) is 15.5. The van der Waals surface area contributed by atoms with E-state index in [9.17, 15) is 5.11 Å². The molecule has 1 fully saturated rings. The maximum atomic E-state index is 10.8. The summed E-state index contributed by atoms with van der Waals surface area (Å²) in [5, 5.41) is 10.8. The van der Waals surface area contributed by atoms with Crippen molar-refractivity contribution >= 4 is 0 Å². The molecule has 6 heteroatoms. The molecule has 118 valence electrons. The van der Waals surface area contributed by atoms with Gasteiger partial charge in [0.1, 0.15) is 11.8 Å². The summed E-state index contributed by atoms with van der Waals surface area (Å²) in [7, 11) is 4.66. The van der Waals surface area contributed by atoms with Gasteiger partial charge < -0.3 is 19.3 Å². The van der Waals surface area contributed by atoms with Crippen LogP contribution < -0.4 is 9.47 Å². The van der Waals surface area contributed by atoms with Crippen LogP contribution in [0.2, 0.25) is 0 Å². The molecule has 1 saturated carbocycles. The molecule has 0 aliphatic heterocycles. The van der Waals surface area contributed by atoms with E-state index < -0.39 is 11.7 Å². The van der Waals surface area contributed by atoms with Crippen molar-refractivity contribution < 1.29 is 19.3 Å². The van der Waals surface area contributed by atoms with Crippen LogP contribution in [0.5, 0.6) is 11.8 Å². The van der Waals surface area contributed by atoms with Crippen LogP contribution in [0.1, 0.15) is 44.4 Å². The molecule has 0 radical (unpaired) electrons. The van der Waals surface area contributed by atoms with Gasteiger partial charge in [-0.15, -0.1) is 0 Å². The van der Waals surface area contributed by atoms with E-state index in [1.54, 1.807) is 7.11 Å². The number of aromatic nitrogens is 2. The lowest BCUT2D eigenvalue weighted by molar-refractivity contribution is -0.132. The topological polar surface area (TPSA) is 73.7 Å². The fourth-order valence-electron chi connectivity index (χ4n) is 2.89. The van der Waals surface area contributed by atoms with E-state index in [-0.39, 0.29) is 5.88 Å². The number of ether oxygens (including phenoxy) is 3. The fraction of sp³-hybridized carbons (Fsp3) is 0.733. The maximum absolute atomic E-state index is 10.8. The highest BCUT2D eigenvalue weighted by Crippen LogP contribution is 2.44. The zero-order valence-electron chi connectivity index (χ0n) is 13.1. The number of nitrogens with zero attached hydrogens (tertiary/aromatic N) is 2. The highest BCUT2D eigenvalue weighted by Gasteiger charge is 2.43. The highest BCUT2D eigenvalue weighted by atomic mass is 16.5. The number of hydrogen-bond acceptors (Lipinski definition) is 6. The predicted molar refractivity (Wildman–Crippen MR) is 77.5 cm³/mol. The molecule has 0 spiro atoms. The average molecular weight is 296 g/mol. The van der Waals surface area contributed by atoms with Crippen molar-refractivity contribution in [1.82, 2.24) is 9.97 Å². The normalized spacial score (nSPS) is 27.2. The summed E-state index contributed by atoms with van der Waals surface area (Å²) in [4.78, 5) is 8.45. The summed E-state index contributed by atoms with van der Waals surface area (Å²) in [5.74, 6) is 1.28. The molecular weight excluding hydrogens is 272 g/mol. The van der Waals surface area contributed by atoms with E-state index >= 15 is 0 Å². The van der Waals surface area contributed by atoms with Gasteiger partial charge in [-0.25, -0.2) is 4.98 Å². The van der Waals surface area contributed by atoms with Gasteiger partial charge in [0.05, 0.1) is 26.0 Å². The Labute approximate surface area is 125 Å². The Morgan fingerprint density at radius 1 is 1.24 bits per heavy atom. The van der Waals surface area contributed by atoms with Gasteiger partial charge in [0.2, 0.25) is 11.8 Å². The van der Waals surface area contributed by atoms with E-state index in [2.05, 4.69) is 16.9 Å². The third-order valence-electron chi connectivity index (χ3n) is 4.43. The van der Waals surface area contributed by atoms with Crippen LogP contribution in [-0.4, -0.2) is 42.0 Å². The van der Waals surface area contributed by atoms with Gasteiger partial charge in [-0.2, -0.15) is 4.98 Å². The minimum Gasteiger partial charge on any atom is -0.480 e. The molecule has 21 heavy (non-hydrogen) atoms. The highest BCUT2D eigenvalue weighted by molar-refractivity contribution is 5.27. The van der Waals surface area contributed by atoms with Gasteiger partial charge in [0, 0.05) is 7.11 Å². The molecule has 2 rings (SSSR count). The van der Waals surface area contributed by atoms with Gasteiger partial charge in [0.15, 0.2) is 0 Å². The minimum absolute atomic E-state index is 0.275. The second kappa shape index (κ2) is 6.58. The van der Waals surface area contributed by atoms with Crippen molar-refractivity contribution in [1.29, 1.82) is 0 Å². The molecule has 6 nitrogen and oxygen atoms in total. The third kappa shape index (κ3) is 3.11.